The number of thioether (sulfide) groups is 1. The molecule has 0 bridgehead atoms. The molecule has 2 N–H and O–H groups in total. The molecule has 140 valence electrons. The molecular formula is C17H21N3O5S. The summed E-state index contributed by atoms with van der Waals surface area (Å²) in [5.74, 6) is 0.507. The molecule has 0 spiro atoms. The molecule has 2 aliphatic heterocycles. The summed E-state index contributed by atoms with van der Waals surface area (Å²) < 4.78 is 10.3. The summed E-state index contributed by atoms with van der Waals surface area (Å²) in [7, 11) is 2.97. The fraction of sp³-hybridized carbons (Fsp3) is 0.471. The third kappa shape index (κ3) is 3.31. The predicted molar refractivity (Wildman–Crippen MR) is 95.9 cm³/mol. The fourth-order valence-corrected chi connectivity index (χ4v) is 4.66. The standard InChI is InChI=1S/C17H21N3O5S/c1-17-5-4-14(21)20(17)13(9-26-17)16(23)19-18-15(22)10-6-11(24-2)8-12(7-10)25-3/h6-8,13H,4-5,9H2,1-3H3,(H,18,22)(H,19,23)/t13-,17-/m1/s1. The van der Waals surface area contributed by atoms with E-state index >= 15 is 0 Å². The molecule has 2 atom stereocenters. The van der Waals surface area contributed by atoms with Crippen molar-refractivity contribution in [3.05, 3.63) is 23.8 Å². The van der Waals surface area contributed by atoms with E-state index in [9.17, 15) is 14.4 Å². The molecule has 0 aromatic heterocycles. The van der Waals surface area contributed by atoms with Crippen molar-refractivity contribution in [3.8, 4) is 11.5 Å². The van der Waals surface area contributed by atoms with E-state index in [1.165, 1.54) is 26.4 Å². The normalized spacial score (nSPS) is 24.2. The van der Waals surface area contributed by atoms with E-state index in [0.29, 0.717) is 23.7 Å². The van der Waals surface area contributed by atoms with E-state index in [0.717, 1.165) is 6.42 Å². The highest BCUT2D eigenvalue weighted by molar-refractivity contribution is 8.01. The number of nitrogens with zero attached hydrogens (tertiary/aromatic N) is 1. The molecule has 1 aromatic rings. The number of hydrogen-bond acceptors (Lipinski definition) is 6. The van der Waals surface area contributed by atoms with Crippen LogP contribution in [0.15, 0.2) is 18.2 Å². The van der Waals surface area contributed by atoms with Crippen molar-refractivity contribution in [2.75, 3.05) is 20.0 Å². The van der Waals surface area contributed by atoms with Gasteiger partial charge in [0, 0.05) is 23.8 Å². The SMILES string of the molecule is COc1cc(OC)cc(C(=O)NNC(=O)[C@H]2CS[C@]3(C)CCC(=O)N23)c1. The van der Waals surface area contributed by atoms with Gasteiger partial charge in [-0.2, -0.15) is 0 Å². The van der Waals surface area contributed by atoms with Gasteiger partial charge < -0.3 is 14.4 Å². The van der Waals surface area contributed by atoms with Crippen LogP contribution in [0.25, 0.3) is 0 Å². The molecular weight excluding hydrogens is 358 g/mol. The van der Waals surface area contributed by atoms with Gasteiger partial charge in [0.15, 0.2) is 0 Å². The number of benzene rings is 1. The molecule has 1 aromatic carbocycles. The number of hydrogen-bond donors (Lipinski definition) is 2. The second kappa shape index (κ2) is 7.06. The number of fused-ring (bicyclic) bond motifs is 1. The predicted octanol–water partition coefficient (Wildman–Crippen LogP) is 0.919. The highest BCUT2D eigenvalue weighted by Crippen LogP contribution is 2.47. The average Bonchev–Trinajstić information content (AvgIpc) is 3.14. The Labute approximate surface area is 155 Å². The van der Waals surface area contributed by atoms with Crippen LogP contribution >= 0.6 is 11.8 Å². The Morgan fingerprint density at radius 2 is 1.85 bits per heavy atom. The van der Waals surface area contributed by atoms with Gasteiger partial charge in [-0.1, -0.05) is 0 Å². The Hall–Kier alpha value is -2.42. The number of methoxy groups -OCH3 is 2. The minimum absolute atomic E-state index is 0.0264. The van der Waals surface area contributed by atoms with Crippen LogP contribution in [0.4, 0.5) is 0 Å². The molecule has 2 saturated heterocycles. The highest BCUT2D eigenvalue weighted by atomic mass is 32.2. The smallest absolute Gasteiger partial charge is 0.269 e. The molecule has 26 heavy (non-hydrogen) atoms. The van der Waals surface area contributed by atoms with Crippen molar-refractivity contribution in [2.24, 2.45) is 0 Å². The van der Waals surface area contributed by atoms with E-state index in [1.807, 2.05) is 6.92 Å². The van der Waals surface area contributed by atoms with Crippen molar-refractivity contribution in [1.29, 1.82) is 0 Å². The molecule has 2 heterocycles. The molecule has 3 rings (SSSR count). The summed E-state index contributed by atoms with van der Waals surface area (Å²) in [4.78, 5) is 38.2. The van der Waals surface area contributed by atoms with Gasteiger partial charge in [-0.05, 0) is 25.5 Å². The number of amides is 3. The summed E-state index contributed by atoms with van der Waals surface area (Å²) in [6.07, 6.45) is 1.18. The number of hydrazine groups is 1. The fourth-order valence-electron chi connectivity index (χ4n) is 3.23. The van der Waals surface area contributed by atoms with Gasteiger partial charge in [0.2, 0.25) is 5.91 Å². The molecule has 3 amide bonds. The van der Waals surface area contributed by atoms with Crippen molar-refractivity contribution in [1.82, 2.24) is 15.8 Å². The van der Waals surface area contributed by atoms with Gasteiger partial charge >= 0.3 is 0 Å². The van der Waals surface area contributed by atoms with Crippen LogP contribution in [0, 0.1) is 0 Å². The molecule has 2 aliphatic rings. The number of nitrogens with one attached hydrogen (secondary N) is 2. The zero-order valence-electron chi connectivity index (χ0n) is 14.8. The molecule has 0 saturated carbocycles. The molecule has 8 nitrogen and oxygen atoms in total. The topological polar surface area (TPSA) is 97.0 Å². The van der Waals surface area contributed by atoms with E-state index < -0.39 is 17.9 Å². The van der Waals surface area contributed by atoms with Crippen molar-refractivity contribution in [2.45, 2.75) is 30.7 Å². The zero-order valence-corrected chi connectivity index (χ0v) is 15.6. The zero-order chi connectivity index (χ0) is 18.9. The molecule has 9 heteroatoms. The number of rotatable bonds is 4. The quantitative estimate of drug-likeness (QED) is 0.755. The van der Waals surface area contributed by atoms with Crippen LogP contribution in [-0.2, 0) is 9.59 Å². The lowest BCUT2D eigenvalue weighted by atomic mass is 10.2. The number of ether oxygens (including phenoxy) is 2. The van der Waals surface area contributed by atoms with Gasteiger partial charge in [-0.3, -0.25) is 25.2 Å². The van der Waals surface area contributed by atoms with Crippen molar-refractivity contribution < 1.29 is 23.9 Å². The highest BCUT2D eigenvalue weighted by Gasteiger charge is 2.52. The maximum atomic E-state index is 12.5. The number of carbonyl (C=O) groups is 3. The van der Waals surface area contributed by atoms with Crippen LogP contribution in [0.5, 0.6) is 11.5 Å². The van der Waals surface area contributed by atoms with Gasteiger partial charge in [0.1, 0.15) is 17.5 Å². The number of carbonyl (C=O) groups excluding carboxylic acids is 3. The van der Waals surface area contributed by atoms with Crippen LogP contribution < -0.4 is 20.3 Å². The summed E-state index contributed by atoms with van der Waals surface area (Å²) >= 11 is 1.59. The van der Waals surface area contributed by atoms with E-state index in [4.69, 9.17) is 9.47 Å². The van der Waals surface area contributed by atoms with Crippen LogP contribution in [0.1, 0.15) is 30.1 Å². The first-order valence-electron chi connectivity index (χ1n) is 8.17. The second-order valence-electron chi connectivity index (χ2n) is 6.31. The Morgan fingerprint density at radius 1 is 1.19 bits per heavy atom. The largest absolute Gasteiger partial charge is 0.497 e. The first kappa shape index (κ1) is 18.4. The summed E-state index contributed by atoms with van der Waals surface area (Å²) in [6.45, 7) is 1.97. The molecule has 0 aliphatic carbocycles. The van der Waals surface area contributed by atoms with Crippen LogP contribution in [-0.4, -0.2) is 53.5 Å². The van der Waals surface area contributed by atoms with Gasteiger partial charge in [-0.15, -0.1) is 11.8 Å². The van der Waals surface area contributed by atoms with Crippen LogP contribution in [0.3, 0.4) is 0 Å². The Morgan fingerprint density at radius 3 is 2.46 bits per heavy atom. The first-order chi connectivity index (χ1) is 12.4. The minimum Gasteiger partial charge on any atom is -0.497 e. The molecule has 0 unspecified atom stereocenters. The minimum atomic E-state index is -0.583. The lowest BCUT2D eigenvalue weighted by molar-refractivity contribution is -0.138. The lowest BCUT2D eigenvalue weighted by Gasteiger charge is -2.29. The van der Waals surface area contributed by atoms with Crippen molar-refractivity contribution >= 4 is 29.5 Å². The van der Waals surface area contributed by atoms with Crippen molar-refractivity contribution in [3.63, 3.8) is 0 Å². The van der Waals surface area contributed by atoms with E-state index in [1.54, 1.807) is 22.7 Å². The molecule has 0 radical (unpaired) electrons. The summed E-state index contributed by atoms with van der Waals surface area (Å²) in [6, 6.07) is 4.14. The van der Waals surface area contributed by atoms with E-state index in [2.05, 4.69) is 10.9 Å². The molecule has 2 fully saturated rings. The van der Waals surface area contributed by atoms with Gasteiger partial charge in [0.05, 0.1) is 19.1 Å². The Kier molecular flexibility index (Phi) is 4.99. The lowest BCUT2D eigenvalue weighted by Crippen LogP contribution is -2.54. The second-order valence-corrected chi connectivity index (χ2v) is 7.81. The maximum absolute atomic E-state index is 12.5. The van der Waals surface area contributed by atoms with Crippen LogP contribution in [0.2, 0.25) is 0 Å². The summed E-state index contributed by atoms with van der Waals surface area (Å²) in [5.41, 5.74) is 5.09. The monoisotopic (exact) mass is 379 g/mol. The summed E-state index contributed by atoms with van der Waals surface area (Å²) in [5, 5.41) is 0. The average molecular weight is 379 g/mol. The third-order valence-electron chi connectivity index (χ3n) is 4.66. The third-order valence-corrected chi connectivity index (χ3v) is 6.17. The Balaban J connectivity index is 1.65. The maximum Gasteiger partial charge on any atom is 0.269 e. The van der Waals surface area contributed by atoms with Gasteiger partial charge in [-0.25, -0.2) is 0 Å². The van der Waals surface area contributed by atoms with E-state index in [-0.39, 0.29) is 16.3 Å². The Bertz CT molecular complexity index is 734. The van der Waals surface area contributed by atoms with Gasteiger partial charge in [0.25, 0.3) is 11.8 Å². The first-order valence-corrected chi connectivity index (χ1v) is 9.16.